The molecule has 0 saturated heterocycles. The topological polar surface area (TPSA) is 81.1 Å². The Morgan fingerprint density at radius 3 is 2.62 bits per heavy atom. The lowest BCUT2D eigenvalue weighted by Crippen LogP contribution is -2.20. The number of amides is 2. The third-order valence-electron chi connectivity index (χ3n) is 4.70. The van der Waals surface area contributed by atoms with Crippen molar-refractivity contribution in [3.05, 3.63) is 89.7 Å². The summed E-state index contributed by atoms with van der Waals surface area (Å²) in [5.74, 6) is 0.640. The minimum atomic E-state index is -0.623. The quantitative estimate of drug-likeness (QED) is 0.409. The van der Waals surface area contributed by atoms with Gasteiger partial charge in [-0.05, 0) is 48.0 Å². The standard InChI is InChI=1S/C23H19ClFN5O2/c1-32-21-5-3-17(24)13-20(21)29-23(31)28-19-12-15(2-4-18(19)25)14-30-11-10-27-22(30)16-6-8-26-9-7-16/h2-13H,14H2,1H3,(H2,28,29,31). The van der Waals surface area contributed by atoms with Crippen molar-refractivity contribution < 1.29 is 13.9 Å². The number of carbonyl (C=O) groups is 1. The molecule has 4 rings (SSSR count). The van der Waals surface area contributed by atoms with Gasteiger partial charge in [0.25, 0.3) is 0 Å². The van der Waals surface area contributed by atoms with Crippen molar-refractivity contribution >= 4 is 29.0 Å². The molecule has 0 spiro atoms. The summed E-state index contributed by atoms with van der Waals surface area (Å²) in [5.41, 5.74) is 2.12. The molecule has 2 aromatic carbocycles. The van der Waals surface area contributed by atoms with E-state index in [-0.39, 0.29) is 5.69 Å². The number of halogens is 2. The van der Waals surface area contributed by atoms with Crippen LogP contribution < -0.4 is 15.4 Å². The van der Waals surface area contributed by atoms with E-state index in [2.05, 4.69) is 20.6 Å². The second kappa shape index (κ2) is 9.49. The number of nitrogens with one attached hydrogen (secondary N) is 2. The van der Waals surface area contributed by atoms with Crippen LogP contribution in [0.1, 0.15) is 5.56 Å². The van der Waals surface area contributed by atoms with Crippen molar-refractivity contribution in [2.75, 3.05) is 17.7 Å². The molecule has 0 unspecified atom stereocenters. The van der Waals surface area contributed by atoms with Crippen LogP contribution in [0.4, 0.5) is 20.6 Å². The highest BCUT2D eigenvalue weighted by molar-refractivity contribution is 6.31. The van der Waals surface area contributed by atoms with Crippen molar-refractivity contribution in [3.63, 3.8) is 0 Å². The lowest BCUT2D eigenvalue weighted by Gasteiger charge is -2.13. The molecule has 0 aliphatic heterocycles. The molecule has 2 N–H and O–H groups in total. The van der Waals surface area contributed by atoms with E-state index >= 15 is 0 Å². The molecule has 2 aromatic heterocycles. The number of hydrogen-bond acceptors (Lipinski definition) is 4. The first-order chi connectivity index (χ1) is 15.5. The van der Waals surface area contributed by atoms with Crippen molar-refractivity contribution in [2.24, 2.45) is 0 Å². The fourth-order valence-corrected chi connectivity index (χ4v) is 3.39. The first-order valence-corrected chi connectivity index (χ1v) is 10.0. The normalized spacial score (nSPS) is 10.6. The summed E-state index contributed by atoms with van der Waals surface area (Å²) in [5, 5.41) is 5.60. The average Bonchev–Trinajstić information content (AvgIpc) is 3.25. The van der Waals surface area contributed by atoms with Gasteiger partial charge in [-0.2, -0.15) is 0 Å². The fourth-order valence-electron chi connectivity index (χ4n) is 3.22. The summed E-state index contributed by atoms with van der Waals surface area (Å²) < 4.78 is 21.5. The second-order valence-corrected chi connectivity index (χ2v) is 7.29. The average molecular weight is 452 g/mol. The summed E-state index contributed by atoms with van der Waals surface area (Å²) in [6, 6.07) is 12.5. The van der Waals surface area contributed by atoms with Gasteiger partial charge >= 0.3 is 6.03 Å². The fraction of sp³-hybridized carbons (Fsp3) is 0.0870. The molecule has 32 heavy (non-hydrogen) atoms. The summed E-state index contributed by atoms with van der Waals surface area (Å²) in [6.07, 6.45) is 6.93. The van der Waals surface area contributed by atoms with Crippen molar-refractivity contribution in [2.45, 2.75) is 6.54 Å². The lowest BCUT2D eigenvalue weighted by atomic mass is 10.1. The van der Waals surface area contributed by atoms with Crippen LogP contribution in [0.15, 0.2) is 73.3 Å². The number of nitrogens with zero attached hydrogens (tertiary/aromatic N) is 3. The molecule has 0 fully saturated rings. The minimum absolute atomic E-state index is 0.0478. The number of imidazole rings is 1. The Balaban J connectivity index is 1.51. The highest BCUT2D eigenvalue weighted by atomic mass is 35.5. The van der Waals surface area contributed by atoms with Crippen LogP contribution in [0.3, 0.4) is 0 Å². The van der Waals surface area contributed by atoms with Gasteiger partial charge < -0.3 is 19.9 Å². The third-order valence-corrected chi connectivity index (χ3v) is 4.93. The van der Waals surface area contributed by atoms with E-state index in [1.54, 1.807) is 48.9 Å². The van der Waals surface area contributed by atoms with E-state index in [0.717, 1.165) is 17.0 Å². The lowest BCUT2D eigenvalue weighted by molar-refractivity contribution is 0.262. The number of methoxy groups -OCH3 is 1. The minimum Gasteiger partial charge on any atom is -0.495 e. The van der Waals surface area contributed by atoms with Crippen LogP contribution >= 0.6 is 11.6 Å². The zero-order valence-electron chi connectivity index (χ0n) is 17.0. The van der Waals surface area contributed by atoms with Gasteiger partial charge in [0.2, 0.25) is 0 Å². The molecule has 0 saturated carbocycles. The molecule has 0 aliphatic carbocycles. The Kier molecular flexibility index (Phi) is 6.32. The van der Waals surface area contributed by atoms with E-state index < -0.39 is 11.8 Å². The van der Waals surface area contributed by atoms with Gasteiger partial charge in [-0.15, -0.1) is 0 Å². The highest BCUT2D eigenvalue weighted by Gasteiger charge is 2.13. The van der Waals surface area contributed by atoms with Crippen molar-refractivity contribution in [1.29, 1.82) is 0 Å². The molecule has 0 bridgehead atoms. The van der Waals surface area contributed by atoms with Crippen LogP contribution in [0.2, 0.25) is 5.02 Å². The molecule has 0 radical (unpaired) electrons. The zero-order chi connectivity index (χ0) is 22.5. The molecular weight excluding hydrogens is 433 g/mol. The Labute approximate surface area is 188 Å². The molecule has 0 aliphatic rings. The maximum absolute atomic E-state index is 14.4. The number of pyridine rings is 1. The number of anilines is 2. The summed E-state index contributed by atoms with van der Waals surface area (Å²) in [4.78, 5) is 20.9. The van der Waals surface area contributed by atoms with Crippen LogP contribution in [0.5, 0.6) is 5.75 Å². The highest BCUT2D eigenvalue weighted by Crippen LogP contribution is 2.28. The molecule has 4 aromatic rings. The van der Waals surface area contributed by atoms with Crippen LogP contribution in [-0.4, -0.2) is 27.7 Å². The number of rotatable bonds is 6. The monoisotopic (exact) mass is 451 g/mol. The van der Waals surface area contributed by atoms with Gasteiger partial charge in [0.1, 0.15) is 17.4 Å². The maximum Gasteiger partial charge on any atom is 0.323 e. The predicted molar refractivity (Wildman–Crippen MR) is 122 cm³/mol. The smallest absolute Gasteiger partial charge is 0.323 e. The summed E-state index contributed by atoms with van der Waals surface area (Å²) in [7, 11) is 1.48. The number of benzene rings is 2. The Morgan fingerprint density at radius 2 is 1.84 bits per heavy atom. The van der Waals surface area contributed by atoms with E-state index in [1.807, 2.05) is 22.9 Å². The first-order valence-electron chi connectivity index (χ1n) is 9.65. The van der Waals surface area contributed by atoms with Crippen LogP contribution in [0.25, 0.3) is 11.4 Å². The van der Waals surface area contributed by atoms with Gasteiger partial charge in [0, 0.05) is 41.9 Å². The number of urea groups is 1. The Bertz CT molecular complexity index is 1250. The molecule has 0 atom stereocenters. The van der Waals surface area contributed by atoms with Gasteiger partial charge in [-0.1, -0.05) is 17.7 Å². The molecule has 9 heteroatoms. The summed E-state index contributed by atoms with van der Waals surface area (Å²) >= 11 is 5.99. The van der Waals surface area contributed by atoms with Gasteiger partial charge in [-0.25, -0.2) is 14.2 Å². The molecule has 2 amide bonds. The predicted octanol–water partition coefficient (Wildman–Crippen LogP) is 5.44. The third kappa shape index (κ3) is 4.87. The zero-order valence-corrected chi connectivity index (χ0v) is 17.8. The summed E-state index contributed by atoms with van der Waals surface area (Å²) in [6.45, 7) is 0.441. The van der Waals surface area contributed by atoms with E-state index in [9.17, 15) is 9.18 Å². The molecule has 162 valence electrons. The SMILES string of the molecule is COc1ccc(Cl)cc1NC(=O)Nc1cc(Cn2ccnc2-c2ccncc2)ccc1F. The molecule has 2 heterocycles. The van der Waals surface area contributed by atoms with Crippen LogP contribution in [0, 0.1) is 5.82 Å². The van der Waals surface area contributed by atoms with Crippen LogP contribution in [-0.2, 0) is 6.54 Å². The molecular formula is C23H19ClFN5O2. The van der Waals surface area contributed by atoms with E-state index in [4.69, 9.17) is 16.3 Å². The first kappa shape index (κ1) is 21.3. The van der Waals surface area contributed by atoms with Crippen molar-refractivity contribution in [1.82, 2.24) is 14.5 Å². The maximum atomic E-state index is 14.4. The Morgan fingerprint density at radius 1 is 1.06 bits per heavy atom. The van der Waals surface area contributed by atoms with Gasteiger partial charge in [-0.3, -0.25) is 4.98 Å². The van der Waals surface area contributed by atoms with Gasteiger partial charge in [0.15, 0.2) is 0 Å². The van der Waals surface area contributed by atoms with E-state index in [1.165, 1.54) is 13.2 Å². The molecule has 7 nitrogen and oxygen atoms in total. The van der Waals surface area contributed by atoms with E-state index in [0.29, 0.717) is 23.0 Å². The number of ether oxygens (including phenoxy) is 1. The Hall–Kier alpha value is -3.91. The number of carbonyl (C=O) groups excluding carboxylic acids is 1. The number of hydrogen-bond donors (Lipinski definition) is 2. The second-order valence-electron chi connectivity index (χ2n) is 6.85. The van der Waals surface area contributed by atoms with Crippen molar-refractivity contribution in [3.8, 4) is 17.1 Å². The number of aromatic nitrogens is 3. The largest absolute Gasteiger partial charge is 0.495 e. The van der Waals surface area contributed by atoms with Gasteiger partial charge in [0.05, 0.1) is 18.5 Å².